The molecule has 0 aliphatic heterocycles. The number of rotatable bonds is 7. The number of nitrogens with zero attached hydrogens (tertiary/aromatic N) is 2. The summed E-state index contributed by atoms with van der Waals surface area (Å²) in [5.74, 6) is -0.241. The van der Waals surface area contributed by atoms with Crippen LogP contribution in [0.5, 0.6) is 0 Å². The zero-order valence-electron chi connectivity index (χ0n) is 15.6. The van der Waals surface area contributed by atoms with Crippen molar-refractivity contribution in [1.82, 2.24) is 10.3 Å². The topological polar surface area (TPSA) is 125 Å². The molecule has 0 bridgehead atoms. The van der Waals surface area contributed by atoms with E-state index in [1.165, 1.54) is 17.4 Å². The Kier molecular flexibility index (Phi) is 6.03. The minimum Gasteiger partial charge on any atom is -0.462 e. The van der Waals surface area contributed by atoms with E-state index < -0.39 is 16.8 Å². The van der Waals surface area contributed by atoms with Crippen LogP contribution in [0.15, 0.2) is 40.1 Å². The average molecular weight is 415 g/mol. The second kappa shape index (κ2) is 8.65. The molecule has 0 fully saturated rings. The van der Waals surface area contributed by atoms with E-state index in [-0.39, 0.29) is 30.0 Å². The van der Waals surface area contributed by atoms with Crippen molar-refractivity contribution in [2.75, 3.05) is 6.61 Å². The van der Waals surface area contributed by atoms with Gasteiger partial charge in [0.1, 0.15) is 11.5 Å². The summed E-state index contributed by atoms with van der Waals surface area (Å²) in [5.41, 5.74) is 0.247. The number of nitro benzene ring substituents is 1. The summed E-state index contributed by atoms with van der Waals surface area (Å²) in [6.45, 7) is 3.69. The lowest BCUT2D eigenvalue weighted by Gasteiger charge is -2.06. The van der Waals surface area contributed by atoms with Gasteiger partial charge in [-0.1, -0.05) is 0 Å². The van der Waals surface area contributed by atoms with Gasteiger partial charge in [-0.2, -0.15) is 0 Å². The van der Waals surface area contributed by atoms with Gasteiger partial charge in [0.25, 0.3) is 11.6 Å². The first-order chi connectivity index (χ1) is 13.9. The van der Waals surface area contributed by atoms with Gasteiger partial charge in [0.2, 0.25) is 0 Å². The maximum atomic E-state index is 12.5. The van der Waals surface area contributed by atoms with Gasteiger partial charge in [-0.15, -0.1) is 11.3 Å². The van der Waals surface area contributed by atoms with Crippen LogP contribution in [0.3, 0.4) is 0 Å². The standard InChI is InChI=1S/C19H17N3O6S/c1-3-27-19(24)13-6-12(7-14(8-13)22(25)26)18(23)20-9-15-4-5-17(28-15)16-10-29-11(2)21-16/h4-8,10H,3,9H2,1-2H3,(H,20,23). The number of carbonyl (C=O) groups excluding carboxylic acids is 2. The number of aryl methyl sites for hydroxylation is 1. The summed E-state index contributed by atoms with van der Waals surface area (Å²) in [7, 11) is 0. The normalized spacial score (nSPS) is 10.6. The fraction of sp³-hybridized carbons (Fsp3) is 0.211. The summed E-state index contributed by atoms with van der Waals surface area (Å²) in [4.78, 5) is 39.2. The molecule has 0 spiro atoms. The van der Waals surface area contributed by atoms with E-state index in [2.05, 4.69) is 10.3 Å². The fourth-order valence-electron chi connectivity index (χ4n) is 2.54. The fourth-order valence-corrected chi connectivity index (χ4v) is 3.14. The number of hydrogen-bond donors (Lipinski definition) is 1. The Morgan fingerprint density at radius 2 is 2.03 bits per heavy atom. The lowest BCUT2D eigenvalue weighted by Crippen LogP contribution is -2.23. The lowest BCUT2D eigenvalue weighted by molar-refractivity contribution is -0.384. The van der Waals surface area contributed by atoms with Gasteiger partial charge in [0.15, 0.2) is 5.76 Å². The van der Waals surface area contributed by atoms with Crippen molar-refractivity contribution in [3.8, 4) is 11.5 Å². The number of furan rings is 1. The molecule has 1 aromatic carbocycles. The predicted octanol–water partition coefficient (Wildman–Crippen LogP) is 3.73. The molecule has 1 amide bonds. The molecule has 3 rings (SSSR count). The quantitative estimate of drug-likeness (QED) is 0.354. The van der Waals surface area contributed by atoms with Crippen LogP contribution >= 0.6 is 11.3 Å². The third-order valence-corrected chi connectivity index (χ3v) is 4.63. The number of ether oxygens (including phenoxy) is 1. The first-order valence-electron chi connectivity index (χ1n) is 8.63. The molecule has 2 aromatic heterocycles. The van der Waals surface area contributed by atoms with Crippen LogP contribution in [-0.2, 0) is 11.3 Å². The molecule has 10 heteroatoms. The number of amides is 1. The van der Waals surface area contributed by atoms with Crippen LogP contribution in [0, 0.1) is 17.0 Å². The van der Waals surface area contributed by atoms with E-state index in [9.17, 15) is 19.7 Å². The van der Waals surface area contributed by atoms with Crippen LogP contribution in [0.25, 0.3) is 11.5 Å². The number of hydrogen-bond acceptors (Lipinski definition) is 8. The second-order valence-electron chi connectivity index (χ2n) is 5.95. The Morgan fingerprint density at radius 3 is 2.69 bits per heavy atom. The van der Waals surface area contributed by atoms with Crippen LogP contribution in [0.4, 0.5) is 5.69 Å². The Hall–Kier alpha value is -3.53. The molecular weight excluding hydrogens is 398 g/mol. The highest BCUT2D eigenvalue weighted by molar-refractivity contribution is 7.09. The predicted molar refractivity (Wildman–Crippen MR) is 105 cm³/mol. The Bertz CT molecular complexity index is 1070. The van der Waals surface area contributed by atoms with Crippen molar-refractivity contribution in [3.63, 3.8) is 0 Å². The molecule has 3 aromatic rings. The molecule has 150 valence electrons. The molecule has 9 nitrogen and oxygen atoms in total. The summed E-state index contributed by atoms with van der Waals surface area (Å²) < 4.78 is 10.5. The largest absolute Gasteiger partial charge is 0.462 e. The summed E-state index contributed by atoms with van der Waals surface area (Å²) in [6.07, 6.45) is 0. The van der Waals surface area contributed by atoms with Gasteiger partial charge < -0.3 is 14.5 Å². The Morgan fingerprint density at radius 1 is 1.28 bits per heavy atom. The van der Waals surface area contributed by atoms with Crippen molar-refractivity contribution in [2.24, 2.45) is 0 Å². The highest BCUT2D eigenvalue weighted by Gasteiger charge is 2.19. The number of esters is 1. The number of carbonyl (C=O) groups is 2. The van der Waals surface area contributed by atoms with Gasteiger partial charge in [-0.3, -0.25) is 14.9 Å². The molecule has 1 N–H and O–H groups in total. The minimum absolute atomic E-state index is 0.0239. The van der Waals surface area contributed by atoms with Crippen molar-refractivity contribution < 1.29 is 23.7 Å². The molecule has 0 saturated heterocycles. The maximum Gasteiger partial charge on any atom is 0.338 e. The number of thiazole rings is 1. The first-order valence-corrected chi connectivity index (χ1v) is 9.51. The molecule has 0 saturated carbocycles. The number of non-ortho nitro benzene ring substituents is 1. The van der Waals surface area contributed by atoms with Crippen molar-refractivity contribution >= 4 is 28.9 Å². The smallest absolute Gasteiger partial charge is 0.338 e. The zero-order valence-corrected chi connectivity index (χ0v) is 16.4. The van der Waals surface area contributed by atoms with E-state index in [0.29, 0.717) is 17.2 Å². The molecule has 0 aliphatic carbocycles. The van der Waals surface area contributed by atoms with E-state index in [1.807, 2.05) is 12.3 Å². The zero-order chi connectivity index (χ0) is 21.0. The summed E-state index contributed by atoms with van der Waals surface area (Å²) in [5, 5.41) is 16.5. The summed E-state index contributed by atoms with van der Waals surface area (Å²) in [6, 6.07) is 6.89. The van der Waals surface area contributed by atoms with Crippen LogP contribution in [0.2, 0.25) is 0 Å². The number of nitro groups is 1. The molecule has 2 heterocycles. The third-order valence-electron chi connectivity index (χ3n) is 3.86. The van der Waals surface area contributed by atoms with Gasteiger partial charge in [0, 0.05) is 23.1 Å². The Balaban J connectivity index is 1.74. The number of aromatic nitrogens is 1. The monoisotopic (exact) mass is 415 g/mol. The van der Waals surface area contributed by atoms with Crippen molar-refractivity contribution in [2.45, 2.75) is 20.4 Å². The van der Waals surface area contributed by atoms with Gasteiger partial charge in [-0.05, 0) is 32.0 Å². The average Bonchev–Trinajstić information content (AvgIpc) is 3.34. The van der Waals surface area contributed by atoms with E-state index in [4.69, 9.17) is 9.15 Å². The molecule has 0 unspecified atom stereocenters. The van der Waals surface area contributed by atoms with E-state index in [0.717, 1.165) is 17.1 Å². The highest BCUT2D eigenvalue weighted by atomic mass is 32.1. The van der Waals surface area contributed by atoms with E-state index in [1.54, 1.807) is 19.1 Å². The molecule has 29 heavy (non-hydrogen) atoms. The highest BCUT2D eigenvalue weighted by Crippen LogP contribution is 2.24. The van der Waals surface area contributed by atoms with Crippen molar-refractivity contribution in [1.29, 1.82) is 0 Å². The van der Waals surface area contributed by atoms with Gasteiger partial charge in [0.05, 0.1) is 28.6 Å². The van der Waals surface area contributed by atoms with Crippen LogP contribution in [-0.4, -0.2) is 28.4 Å². The molecule has 0 atom stereocenters. The molecule has 0 radical (unpaired) electrons. The first kappa shape index (κ1) is 20.2. The molecule has 0 aliphatic rings. The van der Waals surface area contributed by atoms with Gasteiger partial charge in [-0.25, -0.2) is 9.78 Å². The van der Waals surface area contributed by atoms with Crippen LogP contribution in [0.1, 0.15) is 38.4 Å². The molecular formula is C19H17N3O6S. The summed E-state index contributed by atoms with van der Waals surface area (Å²) >= 11 is 1.50. The Labute approximate surface area is 169 Å². The van der Waals surface area contributed by atoms with Crippen molar-refractivity contribution in [3.05, 3.63) is 67.7 Å². The van der Waals surface area contributed by atoms with Crippen LogP contribution < -0.4 is 5.32 Å². The maximum absolute atomic E-state index is 12.5. The second-order valence-corrected chi connectivity index (χ2v) is 7.01. The van der Waals surface area contributed by atoms with Gasteiger partial charge >= 0.3 is 5.97 Å². The third kappa shape index (κ3) is 4.85. The number of nitrogens with one attached hydrogen (secondary N) is 1. The van der Waals surface area contributed by atoms with E-state index >= 15 is 0 Å². The lowest BCUT2D eigenvalue weighted by atomic mass is 10.1. The minimum atomic E-state index is -0.737. The SMILES string of the molecule is CCOC(=O)c1cc(C(=O)NCc2ccc(-c3csc(C)n3)o2)cc([N+](=O)[O-])c1. The number of benzene rings is 1.